The molecule has 2 aliphatic rings. The summed E-state index contributed by atoms with van der Waals surface area (Å²) in [5.74, 6) is -0.590. The van der Waals surface area contributed by atoms with Gasteiger partial charge in [-0.2, -0.15) is 0 Å². The third kappa shape index (κ3) is 9.17. The highest BCUT2D eigenvalue weighted by Crippen LogP contribution is 2.26. The number of nitrogens with one attached hydrogen (secondary N) is 1. The summed E-state index contributed by atoms with van der Waals surface area (Å²) >= 11 is 0. The lowest BCUT2D eigenvalue weighted by molar-refractivity contribution is -0.151. The molecule has 8 heteroatoms. The van der Waals surface area contributed by atoms with E-state index in [1.54, 1.807) is 4.90 Å². The van der Waals surface area contributed by atoms with Gasteiger partial charge in [-0.3, -0.25) is 4.79 Å². The second-order valence-corrected chi connectivity index (χ2v) is 10.5. The van der Waals surface area contributed by atoms with Crippen LogP contribution < -0.4 is 10.2 Å². The maximum Gasteiger partial charge on any atom is 0.410 e. The molecule has 0 unspecified atom stereocenters. The molecule has 0 spiro atoms. The molecule has 0 aliphatic carbocycles. The van der Waals surface area contributed by atoms with Crippen molar-refractivity contribution in [2.45, 2.75) is 65.8 Å². The van der Waals surface area contributed by atoms with Gasteiger partial charge in [-0.15, -0.1) is 0 Å². The predicted octanol–water partition coefficient (Wildman–Crippen LogP) is 8.18. The van der Waals surface area contributed by atoms with Crippen molar-refractivity contribution < 1.29 is 67.2 Å². The Balaban J connectivity index is -0.0000000669. The number of ether oxygens (including phenoxy) is 2. The van der Waals surface area contributed by atoms with Crippen LogP contribution >= 0.6 is 0 Å². The van der Waals surface area contributed by atoms with Gasteiger partial charge in [0, 0.05) is 94.9 Å². The van der Waals surface area contributed by atoms with Gasteiger partial charge in [-0.25, -0.2) is 4.79 Å². The average Bonchev–Trinajstić information content (AvgIpc) is 3.41. The van der Waals surface area contributed by atoms with Gasteiger partial charge in [0.05, 0.1) is 12.5 Å². The lowest BCUT2D eigenvalue weighted by Crippen LogP contribution is -2.47. The average molecular weight is 589 g/mol. The van der Waals surface area contributed by atoms with E-state index < -0.39 is 24.3 Å². The predicted molar refractivity (Wildman–Crippen MR) is 185 cm³/mol. The molecule has 1 saturated heterocycles. The first kappa shape index (κ1) is 16.3. The molecular formula is C30H77N3O5. The van der Waals surface area contributed by atoms with Crippen LogP contribution in [0.25, 0.3) is 6.08 Å². The summed E-state index contributed by atoms with van der Waals surface area (Å²) in [6.45, 7) is 8.71. The Kier molecular flexibility index (Phi) is 6.41. The first-order valence-electron chi connectivity index (χ1n) is 27.3. The number of carbonyl (C=O) groups excluding carboxylic acids is 2. The minimum Gasteiger partial charge on any atom is -0.457 e. The highest BCUT2D eigenvalue weighted by atomic mass is 16.6. The summed E-state index contributed by atoms with van der Waals surface area (Å²) in [4.78, 5) is 29.3. The molecule has 0 aromatic heterocycles. The zero-order valence-corrected chi connectivity index (χ0v) is 22.9. The first-order chi connectivity index (χ1) is 31.6. The Morgan fingerprint density at radius 2 is 1.95 bits per heavy atom. The summed E-state index contributed by atoms with van der Waals surface area (Å²) < 4.78 is 152. The number of aliphatic hydroxyl groups is 1. The number of rotatable bonds is 4. The van der Waals surface area contributed by atoms with E-state index in [1.807, 2.05) is 76.2 Å². The molecule has 1 aromatic carbocycles. The van der Waals surface area contributed by atoms with Crippen LogP contribution in [0.4, 0.5) is 10.5 Å². The molecule has 0 saturated carbocycles. The molecule has 2 N–H and O–H groups in total. The molecule has 5 atom stereocenters. The minimum absolute atomic E-state index is 0. The summed E-state index contributed by atoms with van der Waals surface area (Å²) in [5.41, 5.74) is 2.99. The summed E-state index contributed by atoms with van der Waals surface area (Å²) in [6, 6.07) is 8.14. The van der Waals surface area contributed by atoms with E-state index >= 15 is 0 Å². The van der Waals surface area contributed by atoms with Crippen LogP contribution in [0.1, 0.15) is 96.0 Å². The number of amides is 1. The molecular weight excluding hydrogens is 482 g/mol. The Morgan fingerprint density at radius 1 is 1.24 bits per heavy atom. The Labute approximate surface area is 273 Å². The van der Waals surface area contributed by atoms with Crippen molar-refractivity contribution in [3.05, 3.63) is 47.6 Å². The molecule has 242 valence electrons. The van der Waals surface area contributed by atoms with Crippen LogP contribution in [-0.4, -0.2) is 80.7 Å². The normalized spacial score (nSPS) is 31.1. The molecule has 2 aliphatic heterocycles. The van der Waals surface area contributed by atoms with Gasteiger partial charge in [0.2, 0.25) is 0 Å². The second kappa shape index (κ2) is 14.9. The molecule has 0 bridgehead atoms. The van der Waals surface area contributed by atoms with Crippen molar-refractivity contribution in [3.8, 4) is 0 Å². The first-order valence-corrected chi connectivity index (χ1v) is 13.3. The largest absolute Gasteiger partial charge is 0.457 e. The van der Waals surface area contributed by atoms with E-state index in [2.05, 4.69) is 11.4 Å². The van der Waals surface area contributed by atoms with Crippen molar-refractivity contribution in [2.24, 2.45) is 11.8 Å². The summed E-state index contributed by atoms with van der Waals surface area (Å²) in [6.07, 6.45) is 4.85. The van der Waals surface area contributed by atoms with Crippen LogP contribution in [0, 0.1) is 11.8 Å². The number of piperazine rings is 1. The smallest absolute Gasteiger partial charge is 0.410 e. The van der Waals surface area contributed by atoms with Crippen molar-refractivity contribution >= 4 is 23.8 Å². The molecule has 1 fully saturated rings. The minimum atomic E-state index is -0.806. The van der Waals surface area contributed by atoms with Crippen molar-refractivity contribution in [2.75, 3.05) is 45.2 Å². The zero-order valence-electron chi connectivity index (χ0n) is 50.9. The number of nitrogens with zero attached hydrogens (tertiary/aromatic N) is 2. The number of esters is 1. The zero-order chi connectivity index (χ0) is 54.9. The third-order valence-corrected chi connectivity index (χ3v) is 7.10. The van der Waals surface area contributed by atoms with Crippen LogP contribution in [-0.2, 0) is 14.3 Å². The molecule has 0 radical (unpaired) electrons. The topological polar surface area (TPSA) is 91.3 Å². The number of anilines is 1. The standard InChI is InChI=1S/C29H43N3O5.CH4.15H2/c1-20-9-11-25(33)19-27(34)37-28(22(3)17-23-7-6-8-24(18-23)31(4)5)21(2)10-12-26(20)36-29(35)32-15-13-30-14-16-32;;;;;;;;;;;;;;;;/h6-8,10,12,17-18,20-21,25-26,28,30,33H,9,11,13-16,19H2,1-5H3;1H4;15*1H/b12-10+,22-17+;;;;;;;;;;;;;;;;/t20-,21-,25+,26-,28-;;;;;;;;;;;;;;;;/m0................/s1/i;;14*1+1D;1+1. The van der Waals surface area contributed by atoms with Gasteiger partial charge in [0.15, 0.2) is 0 Å². The molecule has 38 heavy (non-hydrogen) atoms. The lowest BCUT2D eigenvalue weighted by atomic mass is 9.91. The molecule has 1 amide bonds. The van der Waals surface area contributed by atoms with Gasteiger partial charge < -0.3 is 29.7 Å². The van der Waals surface area contributed by atoms with E-state index in [4.69, 9.17) is 51.0 Å². The van der Waals surface area contributed by atoms with Gasteiger partial charge in [-0.1, -0.05) is 45.6 Å². The number of carbonyl (C=O) groups is 2. The lowest BCUT2D eigenvalue weighted by Gasteiger charge is -2.31. The highest BCUT2D eigenvalue weighted by molar-refractivity contribution is 5.71. The van der Waals surface area contributed by atoms with Crippen molar-refractivity contribution in [1.29, 1.82) is 0 Å². The van der Waals surface area contributed by atoms with Crippen LogP contribution in [0.3, 0.4) is 0 Å². The van der Waals surface area contributed by atoms with Gasteiger partial charge in [0.1, 0.15) is 12.2 Å². The van der Waals surface area contributed by atoms with Gasteiger partial charge >= 0.3 is 12.1 Å². The fourth-order valence-electron chi connectivity index (χ4n) is 4.73. The van der Waals surface area contributed by atoms with E-state index in [9.17, 15) is 14.7 Å². The Morgan fingerprint density at radius 3 is 2.63 bits per heavy atom. The molecule has 2 heterocycles. The molecule has 8 nitrogen and oxygen atoms in total. The fourth-order valence-corrected chi connectivity index (χ4v) is 4.73. The van der Waals surface area contributed by atoms with E-state index in [0.29, 0.717) is 25.9 Å². The maximum atomic E-state index is 12.8. The van der Waals surface area contributed by atoms with E-state index in [-0.39, 0.29) is 33.2 Å². The van der Waals surface area contributed by atoms with Crippen molar-refractivity contribution in [1.82, 2.24) is 10.2 Å². The number of benzene rings is 1. The summed E-state index contributed by atoms with van der Waals surface area (Å²) in [7, 11) is 3.99. The van der Waals surface area contributed by atoms with E-state index in [0.717, 1.165) is 29.9 Å². The van der Waals surface area contributed by atoms with Gasteiger partial charge in [-0.05, 0) is 55.0 Å². The number of hydrogen-bond donors (Lipinski definition) is 2. The van der Waals surface area contributed by atoms with Crippen LogP contribution in [0.2, 0.25) is 0 Å². The Hall–Kier alpha value is -2.84. The quantitative estimate of drug-likeness (QED) is 0.271. The molecule has 1 aromatic rings. The SMILES string of the molecule is C.C/C(=C\c1cccc(N(C)C)c1)[C@H]1OC(=O)C[C@H](O)CC[C@H](C)[C@@H](OC(=O)N2CCNCC2)/C=C/[C@@H]1C.[2HH].[2H][2H].[2H][2H].[2H][2H].[2H][2H].[2H][2H].[2H][2H].[2H][2H].[2H][2H].[2H][2H].[2H][2H].[2H][2H].[2H][2H].[2H][2H].[2H][2H]. The maximum absolute atomic E-state index is 12.8. The highest BCUT2D eigenvalue weighted by Gasteiger charge is 2.28. The number of cyclic esters (lactones) is 1. The second-order valence-electron chi connectivity index (χ2n) is 10.5. The van der Waals surface area contributed by atoms with Crippen LogP contribution in [0.15, 0.2) is 42.0 Å². The van der Waals surface area contributed by atoms with Crippen LogP contribution in [0.5, 0.6) is 0 Å². The Bertz CT molecular complexity index is 1040. The number of hydrogen-bond acceptors (Lipinski definition) is 7. The number of aliphatic hydroxyl groups excluding tert-OH is 1. The van der Waals surface area contributed by atoms with Gasteiger partial charge in [0.25, 0.3) is 0 Å². The summed E-state index contributed by atoms with van der Waals surface area (Å²) in [5, 5.41) is 13.7. The molecule has 3 rings (SSSR count). The third-order valence-electron chi connectivity index (χ3n) is 7.10. The van der Waals surface area contributed by atoms with E-state index in [1.165, 1.54) is 0 Å². The van der Waals surface area contributed by atoms with Crippen molar-refractivity contribution in [3.63, 3.8) is 0 Å². The monoisotopic (exact) mass is 589 g/mol. The fraction of sp³-hybridized carbons (Fsp3) is 0.600.